The molecule has 4 heterocycles. The lowest BCUT2D eigenvalue weighted by Gasteiger charge is -2.34. The van der Waals surface area contributed by atoms with Crippen molar-refractivity contribution in [2.75, 3.05) is 30.4 Å². The Hall–Kier alpha value is -2.72. The fraction of sp³-hybridized carbons (Fsp3) is 0.333. The molecule has 1 fully saturated rings. The summed E-state index contributed by atoms with van der Waals surface area (Å²) in [5.74, 6) is -0.321. The van der Waals surface area contributed by atoms with Gasteiger partial charge in [-0.15, -0.1) is 23.1 Å². The predicted molar refractivity (Wildman–Crippen MR) is 123 cm³/mol. The van der Waals surface area contributed by atoms with Crippen LogP contribution in [0.3, 0.4) is 0 Å². The summed E-state index contributed by atoms with van der Waals surface area (Å²) in [5, 5.41) is 8.31. The van der Waals surface area contributed by atoms with Crippen LogP contribution in [0.15, 0.2) is 40.9 Å². The summed E-state index contributed by atoms with van der Waals surface area (Å²) in [5.41, 5.74) is 2.30. The second kappa shape index (κ2) is 9.61. The van der Waals surface area contributed by atoms with Gasteiger partial charge in [0.1, 0.15) is 5.69 Å². The fourth-order valence-corrected chi connectivity index (χ4v) is 5.20. The average Bonchev–Trinajstić information content (AvgIpc) is 3.30. The monoisotopic (exact) mass is 458 g/mol. The summed E-state index contributed by atoms with van der Waals surface area (Å²) in [7, 11) is 1.60. The highest BCUT2D eigenvalue weighted by molar-refractivity contribution is 8.00. The van der Waals surface area contributed by atoms with Gasteiger partial charge in [0.25, 0.3) is 5.91 Å². The standard InChI is InChI=1S/C21H23FN6OS2/c1-13-16(4-3-15(26-13)20(29)23-2)28-10-6-14(7-11-28)31-17-5-8-24-19(18(17)22)27-21-25-9-12-30-21/h3-5,8-9,12,14H,6-7,10-11H2,1-2H3,(H,23,29)(H,24,25,27). The van der Waals surface area contributed by atoms with E-state index in [0.29, 0.717) is 21.0 Å². The Kier molecular flexibility index (Phi) is 6.67. The molecule has 0 aromatic carbocycles. The second-order valence-corrected chi connectivity index (χ2v) is 9.36. The number of hydrogen-bond donors (Lipinski definition) is 2. The Bertz CT molecular complexity index is 1050. The average molecular weight is 459 g/mol. The third-order valence-electron chi connectivity index (χ3n) is 5.11. The van der Waals surface area contributed by atoms with Crippen molar-refractivity contribution in [3.63, 3.8) is 0 Å². The van der Waals surface area contributed by atoms with E-state index in [0.717, 1.165) is 37.3 Å². The van der Waals surface area contributed by atoms with E-state index >= 15 is 0 Å². The van der Waals surface area contributed by atoms with Crippen LogP contribution >= 0.6 is 23.1 Å². The third-order valence-corrected chi connectivity index (χ3v) is 7.17. The summed E-state index contributed by atoms with van der Waals surface area (Å²) in [4.78, 5) is 27.3. The molecule has 0 atom stereocenters. The Morgan fingerprint density at radius 1 is 1.23 bits per heavy atom. The molecule has 0 unspecified atom stereocenters. The lowest BCUT2D eigenvalue weighted by atomic mass is 10.1. The quantitative estimate of drug-likeness (QED) is 0.571. The van der Waals surface area contributed by atoms with Gasteiger partial charge in [0.15, 0.2) is 16.8 Å². The minimum absolute atomic E-state index is 0.187. The number of thioether (sulfide) groups is 1. The number of aryl methyl sites for hydroxylation is 1. The van der Waals surface area contributed by atoms with Crippen molar-refractivity contribution >= 4 is 45.6 Å². The number of pyridine rings is 2. The highest BCUT2D eigenvalue weighted by atomic mass is 32.2. The van der Waals surface area contributed by atoms with Crippen LogP contribution in [0.5, 0.6) is 0 Å². The van der Waals surface area contributed by atoms with E-state index in [4.69, 9.17) is 0 Å². The zero-order chi connectivity index (χ0) is 21.8. The Morgan fingerprint density at radius 3 is 2.71 bits per heavy atom. The molecule has 1 saturated heterocycles. The van der Waals surface area contributed by atoms with E-state index in [9.17, 15) is 9.18 Å². The number of amides is 1. The molecule has 0 bridgehead atoms. The van der Waals surface area contributed by atoms with Crippen molar-refractivity contribution in [3.8, 4) is 0 Å². The van der Waals surface area contributed by atoms with Crippen molar-refractivity contribution in [2.45, 2.75) is 29.9 Å². The summed E-state index contributed by atoms with van der Waals surface area (Å²) in [6.07, 6.45) is 5.15. The number of anilines is 3. The van der Waals surface area contributed by atoms with Gasteiger partial charge >= 0.3 is 0 Å². The molecule has 0 spiro atoms. The zero-order valence-electron chi connectivity index (χ0n) is 17.3. The van der Waals surface area contributed by atoms with Gasteiger partial charge in [-0.1, -0.05) is 0 Å². The first-order chi connectivity index (χ1) is 15.0. The van der Waals surface area contributed by atoms with Gasteiger partial charge in [0.05, 0.1) is 11.4 Å². The maximum Gasteiger partial charge on any atom is 0.269 e. The van der Waals surface area contributed by atoms with E-state index in [-0.39, 0.29) is 17.5 Å². The molecule has 4 rings (SSSR count). The molecule has 0 saturated carbocycles. The van der Waals surface area contributed by atoms with E-state index in [1.165, 1.54) is 11.3 Å². The molecule has 7 nitrogen and oxygen atoms in total. The van der Waals surface area contributed by atoms with Gasteiger partial charge in [0, 0.05) is 48.1 Å². The predicted octanol–water partition coefficient (Wildman–Crippen LogP) is 4.24. The number of hydrogen-bond acceptors (Lipinski definition) is 8. The second-order valence-electron chi connectivity index (χ2n) is 7.12. The molecule has 31 heavy (non-hydrogen) atoms. The molecule has 1 aliphatic heterocycles. The molecular formula is C21H23FN6OS2. The third kappa shape index (κ3) is 4.96. The molecule has 1 amide bonds. The van der Waals surface area contributed by atoms with Gasteiger partial charge in [-0.2, -0.15) is 0 Å². The van der Waals surface area contributed by atoms with Crippen molar-refractivity contribution in [1.82, 2.24) is 20.3 Å². The lowest BCUT2D eigenvalue weighted by Crippen LogP contribution is -2.35. The van der Waals surface area contributed by atoms with Crippen LogP contribution in [-0.4, -0.2) is 46.2 Å². The molecule has 10 heteroatoms. The number of thiazole rings is 1. The van der Waals surface area contributed by atoms with Crippen LogP contribution in [0.2, 0.25) is 0 Å². The molecule has 0 aliphatic carbocycles. The van der Waals surface area contributed by atoms with Crippen LogP contribution in [0.25, 0.3) is 0 Å². The fourth-order valence-electron chi connectivity index (χ4n) is 3.53. The SMILES string of the molecule is CNC(=O)c1ccc(N2CCC(Sc3ccnc(Nc4nccs4)c3F)CC2)c(C)n1. The van der Waals surface area contributed by atoms with Crippen molar-refractivity contribution in [3.05, 3.63) is 53.2 Å². The first-order valence-corrected chi connectivity index (χ1v) is 11.7. The summed E-state index contributed by atoms with van der Waals surface area (Å²) >= 11 is 2.96. The van der Waals surface area contributed by atoms with Crippen LogP contribution in [0, 0.1) is 12.7 Å². The Balaban J connectivity index is 1.38. The van der Waals surface area contributed by atoms with Gasteiger partial charge in [0.2, 0.25) is 0 Å². The maximum atomic E-state index is 14.9. The number of carbonyl (C=O) groups is 1. The molecule has 1 aliphatic rings. The minimum Gasteiger partial charge on any atom is -0.370 e. The molecule has 3 aromatic rings. The highest BCUT2D eigenvalue weighted by Gasteiger charge is 2.24. The lowest BCUT2D eigenvalue weighted by molar-refractivity contribution is 0.0958. The van der Waals surface area contributed by atoms with E-state index in [1.807, 2.05) is 18.4 Å². The normalized spacial score (nSPS) is 14.5. The number of rotatable bonds is 6. The van der Waals surface area contributed by atoms with E-state index in [2.05, 4.69) is 30.5 Å². The van der Waals surface area contributed by atoms with Crippen molar-refractivity contribution in [2.24, 2.45) is 0 Å². The topological polar surface area (TPSA) is 83.0 Å². The van der Waals surface area contributed by atoms with E-state index in [1.54, 1.807) is 43.3 Å². The molecular weight excluding hydrogens is 435 g/mol. The summed E-state index contributed by atoms with van der Waals surface area (Å²) in [6.45, 7) is 3.64. The first kappa shape index (κ1) is 21.5. The van der Waals surface area contributed by atoms with Gasteiger partial charge in [-0.3, -0.25) is 4.79 Å². The number of carbonyl (C=O) groups excluding carboxylic acids is 1. The van der Waals surface area contributed by atoms with Crippen molar-refractivity contribution in [1.29, 1.82) is 0 Å². The van der Waals surface area contributed by atoms with Crippen molar-refractivity contribution < 1.29 is 9.18 Å². The molecule has 0 radical (unpaired) electrons. The van der Waals surface area contributed by atoms with Crippen LogP contribution < -0.4 is 15.5 Å². The number of aromatic nitrogens is 3. The minimum atomic E-state index is -0.338. The summed E-state index contributed by atoms with van der Waals surface area (Å²) in [6, 6.07) is 5.44. The maximum absolute atomic E-state index is 14.9. The van der Waals surface area contributed by atoms with Crippen LogP contribution in [0.4, 0.5) is 21.0 Å². The van der Waals surface area contributed by atoms with Gasteiger partial charge in [-0.05, 0) is 38.0 Å². The molecule has 2 N–H and O–H groups in total. The highest BCUT2D eigenvalue weighted by Crippen LogP contribution is 2.35. The zero-order valence-corrected chi connectivity index (χ0v) is 18.9. The molecule has 3 aromatic heterocycles. The van der Waals surface area contributed by atoms with Crippen LogP contribution in [-0.2, 0) is 0 Å². The summed E-state index contributed by atoms with van der Waals surface area (Å²) < 4.78 is 14.9. The Labute approximate surface area is 188 Å². The van der Waals surface area contributed by atoms with Gasteiger partial charge < -0.3 is 15.5 Å². The number of nitrogens with zero attached hydrogens (tertiary/aromatic N) is 4. The number of nitrogens with one attached hydrogen (secondary N) is 2. The number of halogens is 1. The number of piperidine rings is 1. The Morgan fingerprint density at radius 2 is 2.03 bits per heavy atom. The van der Waals surface area contributed by atoms with Crippen LogP contribution in [0.1, 0.15) is 29.0 Å². The first-order valence-electron chi connectivity index (χ1n) is 9.97. The van der Waals surface area contributed by atoms with E-state index < -0.39 is 0 Å². The molecule has 162 valence electrons. The smallest absolute Gasteiger partial charge is 0.269 e. The largest absolute Gasteiger partial charge is 0.370 e. The van der Waals surface area contributed by atoms with Gasteiger partial charge in [-0.25, -0.2) is 19.3 Å².